The molecule has 1 amide bonds. The molecule has 0 spiro atoms. The predicted octanol–water partition coefficient (Wildman–Crippen LogP) is 2.56. The van der Waals surface area contributed by atoms with Gasteiger partial charge in [-0.15, -0.1) is 0 Å². The number of rotatable bonds is 6. The predicted molar refractivity (Wildman–Crippen MR) is 105 cm³/mol. The van der Waals surface area contributed by atoms with E-state index in [1.165, 1.54) is 18.2 Å². The van der Waals surface area contributed by atoms with Crippen molar-refractivity contribution >= 4 is 17.3 Å². The minimum Gasteiger partial charge on any atom is -0.369 e. The molecule has 148 valence electrons. The molecule has 1 aliphatic heterocycles. The number of carbonyl (C=O) groups is 1. The van der Waals surface area contributed by atoms with E-state index < -0.39 is 4.92 Å². The van der Waals surface area contributed by atoms with Gasteiger partial charge in [-0.25, -0.2) is 4.39 Å². The Balaban J connectivity index is 1.50. The van der Waals surface area contributed by atoms with E-state index in [1.54, 1.807) is 30.3 Å². The van der Waals surface area contributed by atoms with E-state index in [9.17, 15) is 19.3 Å². The first kappa shape index (κ1) is 19.8. The van der Waals surface area contributed by atoms with E-state index >= 15 is 0 Å². The monoisotopic (exact) mass is 386 g/mol. The maximum absolute atomic E-state index is 13.7. The number of non-ortho nitro benzene ring substituents is 1. The Morgan fingerprint density at radius 2 is 1.79 bits per heavy atom. The number of benzene rings is 2. The summed E-state index contributed by atoms with van der Waals surface area (Å²) in [6.07, 6.45) is 0. The van der Waals surface area contributed by atoms with Crippen LogP contribution in [0.4, 0.5) is 15.8 Å². The van der Waals surface area contributed by atoms with E-state index in [0.29, 0.717) is 18.7 Å². The van der Waals surface area contributed by atoms with E-state index in [0.717, 1.165) is 18.8 Å². The SMILES string of the molecule is CC(C(=O)NCc1ccccc1F)N1CCN(c2ccc([N+](=O)[O-])cc2)CC1. The molecule has 0 bridgehead atoms. The van der Waals surface area contributed by atoms with Gasteiger partial charge in [-0.2, -0.15) is 0 Å². The Kier molecular flexibility index (Phi) is 6.20. The van der Waals surface area contributed by atoms with E-state index in [2.05, 4.69) is 15.1 Å². The summed E-state index contributed by atoms with van der Waals surface area (Å²) in [5.41, 5.74) is 1.47. The van der Waals surface area contributed by atoms with Crippen molar-refractivity contribution in [2.24, 2.45) is 0 Å². The summed E-state index contributed by atoms with van der Waals surface area (Å²) in [5, 5.41) is 13.6. The average Bonchev–Trinajstić information content (AvgIpc) is 2.72. The van der Waals surface area contributed by atoms with Crippen molar-refractivity contribution in [1.82, 2.24) is 10.2 Å². The number of amides is 1. The summed E-state index contributed by atoms with van der Waals surface area (Å²) in [4.78, 5) is 27.0. The largest absolute Gasteiger partial charge is 0.369 e. The molecule has 1 N–H and O–H groups in total. The minimum absolute atomic E-state index is 0.0718. The van der Waals surface area contributed by atoms with Gasteiger partial charge in [-0.1, -0.05) is 18.2 Å². The van der Waals surface area contributed by atoms with Gasteiger partial charge in [0, 0.05) is 56.1 Å². The second kappa shape index (κ2) is 8.79. The maximum atomic E-state index is 13.7. The Labute approximate surface area is 162 Å². The van der Waals surface area contributed by atoms with Crippen LogP contribution in [0.1, 0.15) is 12.5 Å². The van der Waals surface area contributed by atoms with Crippen LogP contribution in [0, 0.1) is 15.9 Å². The van der Waals surface area contributed by atoms with Crippen LogP contribution in [-0.4, -0.2) is 48.0 Å². The van der Waals surface area contributed by atoms with Crippen LogP contribution in [0.25, 0.3) is 0 Å². The van der Waals surface area contributed by atoms with Crippen molar-refractivity contribution in [3.63, 3.8) is 0 Å². The molecular weight excluding hydrogens is 363 g/mol. The molecule has 3 rings (SSSR count). The Bertz CT molecular complexity index is 836. The highest BCUT2D eigenvalue weighted by Crippen LogP contribution is 2.21. The number of nitrogens with zero attached hydrogens (tertiary/aromatic N) is 3. The van der Waals surface area contributed by atoms with Crippen molar-refractivity contribution in [2.45, 2.75) is 19.5 Å². The lowest BCUT2D eigenvalue weighted by Crippen LogP contribution is -2.53. The summed E-state index contributed by atoms with van der Waals surface area (Å²) in [6.45, 7) is 4.86. The van der Waals surface area contributed by atoms with Gasteiger partial charge >= 0.3 is 0 Å². The van der Waals surface area contributed by atoms with Crippen LogP contribution in [0.2, 0.25) is 0 Å². The number of hydrogen-bond acceptors (Lipinski definition) is 5. The Morgan fingerprint density at radius 1 is 1.14 bits per heavy atom. The molecular formula is C20H23FN4O3. The third-order valence-electron chi connectivity index (χ3n) is 5.08. The van der Waals surface area contributed by atoms with Crippen molar-refractivity contribution in [1.29, 1.82) is 0 Å². The molecule has 7 nitrogen and oxygen atoms in total. The number of carbonyl (C=O) groups excluding carboxylic acids is 1. The summed E-state index contributed by atoms with van der Waals surface area (Å²) in [5.74, 6) is -0.459. The molecule has 2 aromatic carbocycles. The van der Waals surface area contributed by atoms with Gasteiger partial charge in [-0.05, 0) is 25.1 Å². The van der Waals surface area contributed by atoms with Gasteiger partial charge in [0.2, 0.25) is 5.91 Å². The quantitative estimate of drug-likeness (QED) is 0.610. The van der Waals surface area contributed by atoms with Crippen molar-refractivity contribution in [3.05, 3.63) is 70.0 Å². The lowest BCUT2D eigenvalue weighted by Gasteiger charge is -2.38. The van der Waals surface area contributed by atoms with E-state index in [1.807, 2.05) is 6.92 Å². The van der Waals surface area contributed by atoms with E-state index in [4.69, 9.17) is 0 Å². The fourth-order valence-corrected chi connectivity index (χ4v) is 3.29. The average molecular weight is 386 g/mol. The van der Waals surface area contributed by atoms with Crippen LogP contribution in [0.3, 0.4) is 0 Å². The number of hydrogen-bond donors (Lipinski definition) is 1. The van der Waals surface area contributed by atoms with Crippen molar-refractivity contribution < 1.29 is 14.1 Å². The number of nitro groups is 1. The first-order chi connectivity index (χ1) is 13.5. The fourth-order valence-electron chi connectivity index (χ4n) is 3.29. The molecule has 1 heterocycles. The lowest BCUT2D eigenvalue weighted by atomic mass is 10.1. The molecule has 1 unspecified atom stereocenters. The van der Waals surface area contributed by atoms with Crippen LogP contribution < -0.4 is 10.2 Å². The summed E-state index contributed by atoms with van der Waals surface area (Å²) in [7, 11) is 0. The number of anilines is 1. The van der Waals surface area contributed by atoms with Crippen molar-refractivity contribution in [2.75, 3.05) is 31.1 Å². The molecule has 1 saturated heterocycles. The first-order valence-corrected chi connectivity index (χ1v) is 9.20. The van der Waals surface area contributed by atoms with Gasteiger partial charge in [0.15, 0.2) is 0 Å². The van der Waals surface area contributed by atoms with E-state index in [-0.39, 0.29) is 30.0 Å². The zero-order valence-electron chi connectivity index (χ0n) is 15.7. The number of piperazine rings is 1. The van der Waals surface area contributed by atoms with Crippen LogP contribution >= 0.6 is 0 Å². The highest BCUT2D eigenvalue weighted by atomic mass is 19.1. The molecule has 0 aliphatic carbocycles. The van der Waals surface area contributed by atoms with Crippen LogP contribution in [-0.2, 0) is 11.3 Å². The molecule has 1 atom stereocenters. The topological polar surface area (TPSA) is 78.7 Å². The lowest BCUT2D eigenvalue weighted by molar-refractivity contribution is -0.384. The summed E-state index contributed by atoms with van der Waals surface area (Å²) >= 11 is 0. The van der Waals surface area contributed by atoms with Gasteiger partial charge in [0.25, 0.3) is 5.69 Å². The number of nitro benzene ring substituents is 1. The van der Waals surface area contributed by atoms with Crippen LogP contribution in [0.5, 0.6) is 0 Å². The number of nitrogens with one attached hydrogen (secondary N) is 1. The van der Waals surface area contributed by atoms with Gasteiger partial charge in [0.05, 0.1) is 11.0 Å². The highest BCUT2D eigenvalue weighted by molar-refractivity contribution is 5.81. The molecule has 8 heteroatoms. The van der Waals surface area contributed by atoms with Gasteiger partial charge < -0.3 is 10.2 Å². The first-order valence-electron chi connectivity index (χ1n) is 9.20. The molecule has 28 heavy (non-hydrogen) atoms. The molecule has 2 aromatic rings. The molecule has 1 fully saturated rings. The Hall–Kier alpha value is -3.00. The molecule has 0 radical (unpaired) electrons. The highest BCUT2D eigenvalue weighted by Gasteiger charge is 2.25. The second-order valence-corrected chi connectivity index (χ2v) is 6.78. The summed E-state index contributed by atoms with van der Waals surface area (Å²) in [6, 6.07) is 12.6. The van der Waals surface area contributed by atoms with Crippen molar-refractivity contribution in [3.8, 4) is 0 Å². The normalized spacial score (nSPS) is 15.9. The second-order valence-electron chi connectivity index (χ2n) is 6.78. The van der Waals surface area contributed by atoms with Crippen LogP contribution in [0.15, 0.2) is 48.5 Å². The van der Waals surface area contributed by atoms with Gasteiger partial charge in [0.1, 0.15) is 5.82 Å². The smallest absolute Gasteiger partial charge is 0.269 e. The zero-order valence-corrected chi connectivity index (χ0v) is 15.7. The standard InChI is InChI=1S/C20H23FN4O3/c1-15(20(26)22-14-16-4-2-3-5-19(16)21)23-10-12-24(13-11-23)17-6-8-18(9-7-17)25(27)28/h2-9,15H,10-14H2,1H3,(H,22,26). The van der Waals surface area contributed by atoms with Gasteiger partial charge in [-0.3, -0.25) is 19.8 Å². The fraction of sp³-hybridized carbons (Fsp3) is 0.350. The minimum atomic E-state index is -0.413. The molecule has 0 aromatic heterocycles. The number of halogens is 1. The Morgan fingerprint density at radius 3 is 2.39 bits per heavy atom. The summed E-state index contributed by atoms with van der Waals surface area (Å²) < 4.78 is 13.7. The molecule has 1 aliphatic rings. The zero-order chi connectivity index (χ0) is 20.1. The third kappa shape index (κ3) is 4.64. The molecule has 0 saturated carbocycles. The third-order valence-corrected chi connectivity index (χ3v) is 5.08. The maximum Gasteiger partial charge on any atom is 0.269 e.